The second-order valence-electron chi connectivity index (χ2n) is 2.50. The van der Waals surface area contributed by atoms with E-state index in [1.165, 1.54) is 0 Å². The van der Waals surface area contributed by atoms with Crippen LogP contribution in [0.1, 0.15) is 18.8 Å². The third-order valence-electron chi connectivity index (χ3n) is 1.52. The quantitative estimate of drug-likeness (QED) is 0.616. The van der Waals surface area contributed by atoms with Gasteiger partial charge in [0.15, 0.2) is 0 Å². The molecule has 4 N–H and O–H groups in total. The van der Waals surface area contributed by atoms with E-state index in [1.54, 1.807) is 11.0 Å². The van der Waals surface area contributed by atoms with E-state index in [-0.39, 0.29) is 11.0 Å². The molecule has 1 aromatic rings. The molecule has 1 rings (SSSR count). The lowest BCUT2D eigenvalue weighted by molar-refractivity contribution is 0.499. The van der Waals surface area contributed by atoms with Gasteiger partial charge in [0.05, 0.1) is 6.04 Å². The fourth-order valence-corrected chi connectivity index (χ4v) is 0.802. The SMILES string of the molecule is CC(CN)n1cnc(C(N)=S)n1. The summed E-state index contributed by atoms with van der Waals surface area (Å²) in [7, 11) is 0. The predicted molar refractivity (Wildman–Crippen MR) is 49.7 cm³/mol. The summed E-state index contributed by atoms with van der Waals surface area (Å²) < 4.78 is 1.65. The van der Waals surface area contributed by atoms with Crippen LogP contribution in [0.25, 0.3) is 0 Å². The van der Waals surface area contributed by atoms with Gasteiger partial charge in [0, 0.05) is 6.54 Å². The summed E-state index contributed by atoms with van der Waals surface area (Å²) in [5.41, 5.74) is 10.8. The molecule has 1 heterocycles. The van der Waals surface area contributed by atoms with Crippen molar-refractivity contribution >= 4 is 17.2 Å². The Kier molecular flexibility index (Phi) is 2.72. The molecule has 0 bridgehead atoms. The third-order valence-corrected chi connectivity index (χ3v) is 1.70. The van der Waals surface area contributed by atoms with Gasteiger partial charge in [-0.3, -0.25) is 0 Å². The van der Waals surface area contributed by atoms with Gasteiger partial charge in [0.1, 0.15) is 11.3 Å². The predicted octanol–water partition coefficient (Wildman–Crippen LogP) is -0.568. The van der Waals surface area contributed by atoms with Crippen LogP contribution >= 0.6 is 12.2 Å². The lowest BCUT2D eigenvalue weighted by atomic mass is 10.4. The van der Waals surface area contributed by atoms with E-state index >= 15 is 0 Å². The van der Waals surface area contributed by atoms with Crippen molar-refractivity contribution in [2.24, 2.45) is 11.5 Å². The minimum absolute atomic E-state index is 0.126. The van der Waals surface area contributed by atoms with Gasteiger partial charge in [-0.15, -0.1) is 5.10 Å². The first-order chi connectivity index (χ1) is 5.65. The Morgan fingerprint density at radius 1 is 1.83 bits per heavy atom. The van der Waals surface area contributed by atoms with Crippen molar-refractivity contribution < 1.29 is 0 Å². The van der Waals surface area contributed by atoms with Gasteiger partial charge in [-0.1, -0.05) is 12.2 Å². The van der Waals surface area contributed by atoms with Gasteiger partial charge in [-0.2, -0.15) is 0 Å². The molecule has 0 saturated heterocycles. The maximum atomic E-state index is 5.44. The Morgan fingerprint density at radius 2 is 2.50 bits per heavy atom. The first-order valence-electron chi connectivity index (χ1n) is 3.56. The molecule has 1 unspecified atom stereocenters. The number of rotatable bonds is 3. The fourth-order valence-electron chi connectivity index (χ4n) is 0.708. The highest BCUT2D eigenvalue weighted by Crippen LogP contribution is 2.00. The number of nitrogens with two attached hydrogens (primary N) is 2. The lowest BCUT2D eigenvalue weighted by Gasteiger charge is -2.06. The van der Waals surface area contributed by atoms with E-state index in [4.69, 9.17) is 23.7 Å². The second-order valence-corrected chi connectivity index (χ2v) is 2.94. The Labute approximate surface area is 75.8 Å². The van der Waals surface area contributed by atoms with Crippen molar-refractivity contribution in [3.05, 3.63) is 12.2 Å². The van der Waals surface area contributed by atoms with Crippen LogP contribution in [-0.4, -0.2) is 26.3 Å². The summed E-state index contributed by atoms with van der Waals surface area (Å²) in [6.45, 7) is 2.46. The third kappa shape index (κ3) is 1.77. The molecule has 0 aliphatic heterocycles. The molecule has 0 spiro atoms. The maximum Gasteiger partial charge on any atom is 0.208 e. The van der Waals surface area contributed by atoms with Crippen molar-refractivity contribution in [2.45, 2.75) is 13.0 Å². The monoisotopic (exact) mass is 185 g/mol. The zero-order valence-electron chi connectivity index (χ0n) is 6.77. The smallest absolute Gasteiger partial charge is 0.208 e. The number of thiocarbonyl (C=S) groups is 1. The number of hydrogen-bond acceptors (Lipinski definition) is 4. The van der Waals surface area contributed by atoms with Gasteiger partial charge < -0.3 is 11.5 Å². The minimum atomic E-state index is 0.126. The Bertz CT molecular complexity index is 281. The molecule has 0 amide bonds. The summed E-state index contributed by atoms with van der Waals surface area (Å²) in [5, 5.41) is 4.04. The Balaban J connectivity index is 2.84. The minimum Gasteiger partial charge on any atom is -0.387 e. The highest BCUT2D eigenvalue weighted by Gasteiger charge is 2.06. The van der Waals surface area contributed by atoms with Crippen molar-refractivity contribution in [3.8, 4) is 0 Å². The van der Waals surface area contributed by atoms with Crippen LogP contribution in [0.15, 0.2) is 6.33 Å². The molecule has 0 radical (unpaired) electrons. The Hall–Kier alpha value is -1.01. The topological polar surface area (TPSA) is 82.8 Å². The van der Waals surface area contributed by atoms with Crippen LogP contribution in [0.3, 0.4) is 0 Å². The average molecular weight is 185 g/mol. The molecule has 1 aromatic heterocycles. The molecule has 5 nitrogen and oxygen atoms in total. The fraction of sp³-hybridized carbons (Fsp3) is 0.500. The molecule has 66 valence electrons. The molecule has 12 heavy (non-hydrogen) atoms. The number of aromatic nitrogens is 3. The van der Waals surface area contributed by atoms with Crippen molar-refractivity contribution in [1.82, 2.24) is 14.8 Å². The van der Waals surface area contributed by atoms with Gasteiger partial charge in [0.2, 0.25) is 5.82 Å². The van der Waals surface area contributed by atoms with E-state index in [9.17, 15) is 0 Å². The zero-order valence-corrected chi connectivity index (χ0v) is 7.58. The standard InChI is InChI=1S/C6H11N5S/c1-4(2-7)11-3-9-6(10-11)5(8)12/h3-4H,2,7H2,1H3,(H2,8,12). The average Bonchev–Trinajstić information content (AvgIpc) is 2.51. The first kappa shape index (κ1) is 9.08. The van der Waals surface area contributed by atoms with E-state index in [0.717, 1.165) is 0 Å². The number of hydrogen-bond donors (Lipinski definition) is 2. The second kappa shape index (κ2) is 3.59. The van der Waals surface area contributed by atoms with E-state index < -0.39 is 0 Å². The molecule has 0 aliphatic rings. The molecule has 0 fully saturated rings. The number of nitrogens with zero attached hydrogens (tertiary/aromatic N) is 3. The molecule has 0 aliphatic carbocycles. The van der Waals surface area contributed by atoms with Crippen LogP contribution in [0.5, 0.6) is 0 Å². The molecule has 1 atom stereocenters. The van der Waals surface area contributed by atoms with Gasteiger partial charge in [-0.05, 0) is 6.92 Å². The summed E-state index contributed by atoms with van der Waals surface area (Å²) in [6.07, 6.45) is 1.58. The van der Waals surface area contributed by atoms with Crippen molar-refractivity contribution in [1.29, 1.82) is 0 Å². The molecular formula is C6H11N5S. The maximum absolute atomic E-state index is 5.44. The Morgan fingerprint density at radius 3 is 2.92 bits per heavy atom. The van der Waals surface area contributed by atoms with Crippen LogP contribution < -0.4 is 11.5 Å². The van der Waals surface area contributed by atoms with Crippen molar-refractivity contribution in [2.75, 3.05) is 6.54 Å². The zero-order chi connectivity index (χ0) is 9.14. The van der Waals surface area contributed by atoms with Gasteiger partial charge >= 0.3 is 0 Å². The van der Waals surface area contributed by atoms with Crippen LogP contribution in [0, 0.1) is 0 Å². The van der Waals surface area contributed by atoms with Crippen LogP contribution in [0.4, 0.5) is 0 Å². The summed E-state index contributed by atoms with van der Waals surface area (Å²) in [4.78, 5) is 4.12. The van der Waals surface area contributed by atoms with E-state index in [0.29, 0.717) is 12.4 Å². The summed E-state index contributed by atoms with van der Waals surface area (Å²) in [6, 6.07) is 0.126. The highest BCUT2D eigenvalue weighted by atomic mass is 32.1. The molecule has 6 heteroatoms. The van der Waals surface area contributed by atoms with E-state index in [2.05, 4.69) is 10.1 Å². The molecule has 0 saturated carbocycles. The van der Waals surface area contributed by atoms with Crippen LogP contribution in [-0.2, 0) is 0 Å². The van der Waals surface area contributed by atoms with Crippen molar-refractivity contribution in [3.63, 3.8) is 0 Å². The van der Waals surface area contributed by atoms with Gasteiger partial charge in [-0.25, -0.2) is 9.67 Å². The lowest BCUT2D eigenvalue weighted by Crippen LogP contribution is -2.18. The van der Waals surface area contributed by atoms with Crippen LogP contribution in [0.2, 0.25) is 0 Å². The summed E-state index contributed by atoms with van der Waals surface area (Å²) in [5.74, 6) is 0.394. The van der Waals surface area contributed by atoms with Gasteiger partial charge in [0.25, 0.3) is 0 Å². The normalized spacial score (nSPS) is 12.8. The molecule has 0 aromatic carbocycles. The molecular weight excluding hydrogens is 174 g/mol. The van der Waals surface area contributed by atoms with E-state index in [1.807, 2.05) is 6.92 Å². The largest absolute Gasteiger partial charge is 0.387 e. The summed E-state index contributed by atoms with van der Waals surface area (Å²) >= 11 is 4.71. The first-order valence-corrected chi connectivity index (χ1v) is 3.97. The highest BCUT2D eigenvalue weighted by molar-refractivity contribution is 7.80.